The van der Waals surface area contributed by atoms with Gasteiger partial charge in [-0.2, -0.15) is 0 Å². The van der Waals surface area contributed by atoms with E-state index in [1.165, 1.54) is 30.8 Å². The summed E-state index contributed by atoms with van der Waals surface area (Å²) in [6.07, 6.45) is 0.142. The van der Waals surface area contributed by atoms with Crippen molar-refractivity contribution in [2.75, 3.05) is 6.26 Å². The smallest absolute Gasteiger partial charge is 0.344 e. The van der Waals surface area contributed by atoms with Crippen LogP contribution in [-0.4, -0.2) is 31.9 Å². The quantitative estimate of drug-likeness (QED) is 0.814. The third-order valence-electron chi connectivity index (χ3n) is 3.04. The largest absolute Gasteiger partial charge is 0.479 e. The third kappa shape index (κ3) is 4.90. The highest BCUT2D eigenvalue weighted by Crippen LogP contribution is 2.37. The van der Waals surface area contributed by atoms with Crippen LogP contribution in [0.5, 0.6) is 5.75 Å². The lowest BCUT2D eigenvalue weighted by atomic mass is 10.3. The number of halogens is 1. The molecule has 0 saturated heterocycles. The molecule has 1 atom stereocenters. The minimum absolute atomic E-state index is 0.230. The predicted octanol–water partition coefficient (Wildman–Crippen LogP) is 3.75. The van der Waals surface area contributed by atoms with Gasteiger partial charge >= 0.3 is 5.97 Å². The lowest BCUT2D eigenvalue weighted by Gasteiger charge is -2.14. The van der Waals surface area contributed by atoms with Crippen LogP contribution < -0.4 is 4.74 Å². The zero-order chi connectivity index (χ0) is 17.9. The van der Waals surface area contributed by atoms with Crippen molar-refractivity contribution in [1.82, 2.24) is 0 Å². The van der Waals surface area contributed by atoms with Gasteiger partial charge in [-0.25, -0.2) is 13.2 Å². The summed E-state index contributed by atoms with van der Waals surface area (Å²) in [6, 6.07) is 11.3. The van der Waals surface area contributed by atoms with Crippen molar-refractivity contribution in [3.05, 3.63) is 47.5 Å². The van der Waals surface area contributed by atoms with Crippen LogP contribution in [0.25, 0.3) is 0 Å². The maximum atomic E-state index is 11.5. The Morgan fingerprint density at radius 3 is 2.38 bits per heavy atom. The standard InChI is InChI=1S/C16H15ClO5S2/c1-10(16(18)19)22-14-8-3-11(17)9-15(14)23-12-4-6-13(7-5-12)24(2,20)21/h3-10H,1-2H3,(H,18,19)/t10-/m0/s1. The molecule has 0 fully saturated rings. The molecule has 2 aromatic rings. The maximum Gasteiger partial charge on any atom is 0.344 e. The van der Waals surface area contributed by atoms with Gasteiger partial charge in [0.05, 0.1) is 9.79 Å². The molecule has 0 aliphatic carbocycles. The highest BCUT2D eigenvalue weighted by atomic mass is 35.5. The van der Waals surface area contributed by atoms with Gasteiger partial charge in [0.1, 0.15) is 5.75 Å². The summed E-state index contributed by atoms with van der Waals surface area (Å²) in [5.41, 5.74) is 0. The van der Waals surface area contributed by atoms with Crippen LogP contribution in [0.3, 0.4) is 0 Å². The SMILES string of the molecule is C[C@H](Oc1ccc(Cl)cc1Sc1ccc(S(C)(=O)=O)cc1)C(=O)O. The second kappa shape index (κ2) is 7.46. The average Bonchev–Trinajstić information content (AvgIpc) is 2.49. The van der Waals surface area contributed by atoms with Crippen molar-refractivity contribution in [2.24, 2.45) is 0 Å². The average molecular weight is 387 g/mol. The molecule has 128 valence electrons. The number of sulfone groups is 1. The number of ether oxygens (including phenoxy) is 1. The minimum Gasteiger partial charge on any atom is -0.479 e. The Kier molecular flexibility index (Phi) is 5.79. The molecule has 0 aromatic heterocycles. The predicted molar refractivity (Wildman–Crippen MR) is 92.9 cm³/mol. The summed E-state index contributed by atoms with van der Waals surface area (Å²) >= 11 is 7.31. The number of carboxylic acids is 1. The fourth-order valence-electron chi connectivity index (χ4n) is 1.78. The van der Waals surface area contributed by atoms with Crippen molar-refractivity contribution in [2.45, 2.75) is 27.7 Å². The van der Waals surface area contributed by atoms with E-state index in [-0.39, 0.29) is 4.90 Å². The molecule has 1 N–H and O–H groups in total. The molecule has 0 bridgehead atoms. The van der Waals surface area contributed by atoms with Gasteiger partial charge in [0, 0.05) is 16.2 Å². The van der Waals surface area contributed by atoms with Crippen LogP contribution in [0.15, 0.2) is 57.2 Å². The zero-order valence-electron chi connectivity index (χ0n) is 12.9. The van der Waals surface area contributed by atoms with Crippen molar-refractivity contribution in [3.8, 4) is 5.75 Å². The van der Waals surface area contributed by atoms with Crippen molar-refractivity contribution in [3.63, 3.8) is 0 Å². The van der Waals surface area contributed by atoms with E-state index < -0.39 is 21.9 Å². The Bertz CT molecular complexity index is 847. The summed E-state index contributed by atoms with van der Waals surface area (Å²) in [6.45, 7) is 1.44. The fourth-order valence-corrected chi connectivity index (χ4v) is 3.58. The number of hydrogen-bond acceptors (Lipinski definition) is 5. The molecule has 8 heteroatoms. The Morgan fingerprint density at radius 1 is 1.21 bits per heavy atom. The number of carbonyl (C=O) groups is 1. The minimum atomic E-state index is -3.25. The molecule has 5 nitrogen and oxygen atoms in total. The summed E-state index contributed by atoms with van der Waals surface area (Å²) in [5, 5.41) is 9.46. The molecule has 2 rings (SSSR count). The molecule has 0 aliphatic rings. The molecule has 0 radical (unpaired) electrons. The highest BCUT2D eigenvalue weighted by molar-refractivity contribution is 7.99. The Balaban J connectivity index is 2.28. The highest BCUT2D eigenvalue weighted by Gasteiger charge is 2.16. The van der Waals surface area contributed by atoms with Gasteiger partial charge in [0.15, 0.2) is 15.9 Å². The van der Waals surface area contributed by atoms with E-state index in [4.69, 9.17) is 21.4 Å². The van der Waals surface area contributed by atoms with Gasteiger partial charge in [0.25, 0.3) is 0 Å². The van der Waals surface area contributed by atoms with E-state index in [1.54, 1.807) is 30.3 Å². The number of benzene rings is 2. The van der Waals surface area contributed by atoms with E-state index in [0.717, 1.165) is 11.2 Å². The lowest BCUT2D eigenvalue weighted by Crippen LogP contribution is -2.23. The van der Waals surface area contributed by atoms with Crippen molar-refractivity contribution < 1.29 is 23.1 Å². The zero-order valence-corrected chi connectivity index (χ0v) is 15.3. The number of aliphatic carboxylic acids is 1. The monoisotopic (exact) mass is 386 g/mol. The van der Waals surface area contributed by atoms with Crippen LogP contribution >= 0.6 is 23.4 Å². The molecule has 0 aliphatic heterocycles. The first-order valence-electron chi connectivity index (χ1n) is 6.84. The Morgan fingerprint density at radius 2 is 1.83 bits per heavy atom. The van der Waals surface area contributed by atoms with Crippen LogP contribution in [-0.2, 0) is 14.6 Å². The van der Waals surface area contributed by atoms with Crippen LogP contribution in [0, 0.1) is 0 Å². The van der Waals surface area contributed by atoms with Gasteiger partial charge in [-0.15, -0.1) is 0 Å². The van der Waals surface area contributed by atoms with E-state index in [2.05, 4.69) is 0 Å². The molecule has 2 aromatic carbocycles. The molecule has 24 heavy (non-hydrogen) atoms. The normalized spacial score (nSPS) is 12.6. The van der Waals surface area contributed by atoms with E-state index in [9.17, 15) is 13.2 Å². The lowest BCUT2D eigenvalue weighted by molar-refractivity contribution is -0.144. The van der Waals surface area contributed by atoms with Gasteiger partial charge in [-0.3, -0.25) is 0 Å². The van der Waals surface area contributed by atoms with Crippen LogP contribution in [0.4, 0.5) is 0 Å². The summed E-state index contributed by atoms with van der Waals surface area (Å²) in [4.78, 5) is 12.6. The Hall–Kier alpha value is -1.70. The van der Waals surface area contributed by atoms with Gasteiger partial charge in [-0.1, -0.05) is 23.4 Å². The first kappa shape index (κ1) is 18.6. The molecular weight excluding hydrogens is 372 g/mol. The number of hydrogen-bond donors (Lipinski definition) is 1. The summed E-state index contributed by atoms with van der Waals surface area (Å²) in [7, 11) is -3.25. The van der Waals surface area contributed by atoms with Crippen molar-refractivity contribution >= 4 is 39.2 Å². The van der Waals surface area contributed by atoms with E-state index in [1.807, 2.05) is 0 Å². The van der Waals surface area contributed by atoms with Gasteiger partial charge < -0.3 is 9.84 Å². The number of carboxylic acid groups (broad SMARTS) is 1. The second-order valence-electron chi connectivity index (χ2n) is 5.04. The summed E-state index contributed by atoms with van der Waals surface area (Å²) < 4.78 is 28.4. The second-order valence-corrected chi connectivity index (χ2v) is 8.60. The van der Waals surface area contributed by atoms with Crippen LogP contribution in [0.1, 0.15) is 6.92 Å². The van der Waals surface area contributed by atoms with Crippen LogP contribution in [0.2, 0.25) is 5.02 Å². The van der Waals surface area contributed by atoms with Crippen molar-refractivity contribution in [1.29, 1.82) is 0 Å². The topological polar surface area (TPSA) is 80.7 Å². The molecule has 0 amide bonds. The van der Waals surface area contributed by atoms with E-state index in [0.29, 0.717) is 15.7 Å². The molecule has 0 heterocycles. The summed E-state index contributed by atoms with van der Waals surface area (Å²) in [5.74, 6) is -0.676. The number of rotatable bonds is 6. The van der Waals surface area contributed by atoms with Gasteiger partial charge in [-0.05, 0) is 49.4 Å². The fraction of sp³-hybridized carbons (Fsp3) is 0.188. The third-order valence-corrected chi connectivity index (χ3v) is 5.45. The molecule has 0 saturated carbocycles. The van der Waals surface area contributed by atoms with Gasteiger partial charge in [0.2, 0.25) is 0 Å². The molecule has 0 unspecified atom stereocenters. The first-order valence-corrected chi connectivity index (χ1v) is 9.92. The van der Waals surface area contributed by atoms with E-state index >= 15 is 0 Å². The Labute approximate surface area is 149 Å². The molecular formula is C16H15ClO5S2. The molecule has 0 spiro atoms. The first-order chi connectivity index (χ1) is 11.2. The maximum absolute atomic E-state index is 11.5.